The quantitative estimate of drug-likeness (QED) is 0.781. The van der Waals surface area contributed by atoms with Crippen LogP contribution in [0.3, 0.4) is 0 Å². The Kier molecular flexibility index (Phi) is 4.54. The molecule has 3 nitrogen and oxygen atoms in total. The topological polar surface area (TPSA) is 51.2 Å². The average Bonchev–Trinajstić information content (AvgIpc) is 2.84. The van der Waals surface area contributed by atoms with Gasteiger partial charge in [-0.05, 0) is 31.2 Å². The van der Waals surface area contributed by atoms with Crippen molar-refractivity contribution in [2.24, 2.45) is 0 Å². The van der Waals surface area contributed by atoms with Crippen LogP contribution in [0.1, 0.15) is 16.6 Å². The first-order valence-corrected chi connectivity index (χ1v) is 8.74. The van der Waals surface area contributed by atoms with E-state index in [9.17, 15) is 13.2 Å². The van der Waals surface area contributed by atoms with E-state index in [4.69, 9.17) is 23.2 Å². The molecule has 0 fully saturated rings. The summed E-state index contributed by atoms with van der Waals surface area (Å²) in [7, 11) is -3.83. The SMILES string of the molecule is CC(C(=O)c1ccc(Cl)s1)S(=O)(=O)c1ccccc1Cl. The Balaban J connectivity index is 2.40. The zero-order valence-electron chi connectivity index (χ0n) is 10.3. The highest BCUT2D eigenvalue weighted by atomic mass is 35.5. The number of thiophene rings is 1. The van der Waals surface area contributed by atoms with Crippen LogP contribution < -0.4 is 0 Å². The van der Waals surface area contributed by atoms with Crippen molar-refractivity contribution in [3.63, 3.8) is 0 Å². The van der Waals surface area contributed by atoms with E-state index in [0.29, 0.717) is 9.21 Å². The Bertz CT molecular complexity index is 750. The van der Waals surface area contributed by atoms with Gasteiger partial charge in [0.05, 0.1) is 19.1 Å². The van der Waals surface area contributed by atoms with Crippen LogP contribution in [0.25, 0.3) is 0 Å². The van der Waals surface area contributed by atoms with E-state index in [1.54, 1.807) is 18.2 Å². The fourth-order valence-electron chi connectivity index (χ4n) is 1.65. The van der Waals surface area contributed by atoms with E-state index >= 15 is 0 Å². The van der Waals surface area contributed by atoms with Gasteiger partial charge in [-0.2, -0.15) is 0 Å². The van der Waals surface area contributed by atoms with Crippen LogP contribution in [0.4, 0.5) is 0 Å². The Labute approximate surface area is 131 Å². The second-order valence-electron chi connectivity index (χ2n) is 4.09. The standard InChI is InChI=1S/C13H10Cl2O3S2/c1-8(13(16)10-6-7-12(15)19-10)20(17,18)11-5-3-2-4-9(11)14/h2-8H,1H3. The van der Waals surface area contributed by atoms with Gasteiger partial charge in [0.25, 0.3) is 0 Å². The second-order valence-corrected chi connectivity index (χ2v) is 8.44. The summed E-state index contributed by atoms with van der Waals surface area (Å²) < 4.78 is 25.3. The van der Waals surface area contributed by atoms with Gasteiger partial charge in [-0.3, -0.25) is 4.79 Å². The Hall–Kier alpha value is -0.880. The fourth-order valence-corrected chi connectivity index (χ4v) is 4.66. The number of sulfone groups is 1. The number of ketones is 1. The first-order valence-electron chi connectivity index (χ1n) is 5.62. The van der Waals surface area contributed by atoms with Crippen molar-refractivity contribution in [2.75, 3.05) is 0 Å². The number of hydrogen-bond acceptors (Lipinski definition) is 4. The molecule has 1 heterocycles. The third-order valence-corrected chi connectivity index (χ3v) is 6.60. The third-order valence-electron chi connectivity index (χ3n) is 2.79. The van der Waals surface area contributed by atoms with Crippen molar-refractivity contribution in [3.8, 4) is 0 Å². The largest absolute Gasteiger partial charge is 0.292 e. The molecule has 0 radical (unpaired) electrons. The summed E-state index contributed by atoms with van der Waals surface area (Å²) in [6, 6.07) is 9.16. The number of halogens is 2. The van der Waals surface area contributed by atoms with E-state index in [1.165, 1.54) is 25.1 Å². The summed E-state index contributed by atoms with van der Waals surface area (Å²) in [4.78, 5) is 12.5. The van der Waals surface area contributed by atoms with Gasteiger partial charge in [0.1, 0.15) is 5.25 Å². The maximum atomic E-state index is 12.4. The predicted molar refractivity (Wildman–Crippen MR) is 81.8 cm³/mol. The van der Waals surface area contributed by atoms with Gasteiger partial charge in [-0.1, -0.05) is 35.3 Å². The molecule has 0 spiro atoms. The molecule has 1 atom stereocenters. The molecule has 0 N–H and O–H groups in total. The lowest BCUT2D eigenvalue weighted by Crippen LogP contribution is -2.27. The lowest BCUT2D eigenvalue weighted by molar-refractivity contribution is 0.0995. The van der Waals surface area contributed by atoms with E-state index in [2.05, 4.69) is 0 Å². The highest BCUT2D eigenvalue weighted by Gasteiger charge is 2.32. The maximum absolute atomic E-state index is 12.4. The van der Waals surface area contributed by atoms with Crippen molar-refractivity contribution >= 4 is 50.2 Å². The minimum Gasteiger partial charge on any atom is -0.292 e. The lowest BCUT2D eigenvalue weighted by Gasteiger charge is -2.12. The van der Waals surface area contributed by atoms with Crippen LogP contribution in [-0.2, 0) is 9.84 Å². The number of carbonyl (C=O) groups is 1. The van der Waals surface area contributed by atoms with Crippen LogP contribution in [0.15, 0.2) is 41.3 Å². The van der Waals surface area contributed by atoms with E-state index in [-0.39, 0.29) is 9.92 Å². The molecule has 0 saturated heterocycles. The van der Waals surface area contributed by atoms with Gasteiger partial charge in [0.2, 0.25) is 0 Å². The van der Waals surface area contributed by atoms with Crippen molar-refractivity contribution in [2.45, 2.75) is 17.1 Å². The number of carbonyl (C=O) groups excluding carboxylic acids is 1. The van der Waals surface area contributed by atoms with Crippen LogP contribution in [0, 0.1) is 0 Å². The minimum atomic E-state index is -3.83. The molecule has 0 amide bonds. The molecule has 1 aromatic carbocycles. The van der Waals surface area contributed by atoms with Gasteiger partial charge in [0, 0.05) is 0 Å². The Morgan fingerprint density at radius 1 is 1.15 bits per heavy atom. The van der Waals surface area contributed by atoms with Crippen LogP contribution in [-0.4, -0.2) is 19.5 Å². The monoisotopic (exact) mass is 348 g/mol. The molecule has 0 aliphatic heterocycles. The highest BCUT2D eigenvalue weighted by molar-refractivity contribution is 7.93. The van der Waals surface area contributed by atoms with E-state index in [1.807, 2.05) is 0 Å². The number of benzene rings is 1. The van der Waals surface area contributed by atoms with E-state index < -0.39 is 20.9 Å². The fraction of sp³-hybridized carbons (Fsp3) is 0.154. The molecular weight excluding hydrogens is 339 g/mol. The van der Waals surface area contributed by atoms with Crippen molar-refractivity contribution in [3.05, 3.63) is 50.6 Å². The van der Waals surface area contributed by atoms with Crippen molar-refractivity contribution < 1.29 is 13.2 Å². The maximum Gasteiger partial charge on any atom is 0.191 e. The molecular formula is C13H10Cl2O3S2. The first kappa shape index (κ1) is 15.5. The number of rotatable bonds is 4. The number of hydrogen-bond donors (Lipinski definition) is 0. The summed E-state index contributed by atoms with van der Waals surface area (Å²) in [6.07, 6.45) is 0. The van der Waals surface area contributed by atoms with Crippen LogP contribution in [0.5, 0.6) is 0 Å². The third kappa shape index (κ3) is 2.91. The van der Waals surface area contributed by atoms with Gasteiger partial charge in [-0.15, -0.1) is 11.3 Å². The Morgan fingerprint density at radius 2 is 1.80 bits per heavy atom. The zero-order valence-corrected chi connectivity index (χ0v) is 13.5. The van der Waals surface area contributed by atoms with Crippen LogP contribution >= 0.6 is 34.5 Å². The van der Waals surface area contributed by atoms with Crippen LogP contribution in [0.2, 0.25) is 9.36 Å². The molecule has 1 unspecified atom stereocenters. The zero-order chi connectivity index (χ0) is 14.9. The summed E-state index contributed by atoms with van der Waals surface area (Å²) >= 11 is 12.7. The lowest BCUT2D eigenvalue weighted by atomic mass is 10.2. The molecule has 7 heteroatoms. The molecule has 1 aromatic heterocycles. The predicted octanol–water partition coefficient (Wildman–Crippen LogP) is 4.10. The smallest absolute Gasteiger partial charge is 0.191 e. The highest BCUT2D eigenvalue weighted by Crippen LogP contribution is 2.28. The Morgan fingerprint density at radius 3 is 2.35 bits per heavy atom. The molecule has 106 valence electrons. The molecule has 2 rings (SSSR count). The number of Topliss-reactive ketones (excluding diaryl/α,β-unsaturated/α-hetero) is 1. The summed E-state index contributed by atoms with van der Waals surface area (Å²) in [5.41, 5.74) is 0. The molecule has 0 aliphatic rings. The average molecular weight is 349 g/mol. The summed E-state index contributed by atoms with van der Waals surface area (Å²) in [5, 5.41) is -1.10. The van der Waals surface area contributed by atoms with Gasteiger partial charge in [0.15, 0.2) is 15.6 Å². The molecule has 0 saturated carbocycles. The molecule has 2 aromatic rings. The van der Waals surface area contributed by atoms with Gasteiger partial charge < -0.3 is 0 Å². The molecule has 20 heavy (non-hydrogen) atoms. The van der Waals surface area contributed by atoms with E-state index in [0.717, 1.165) is 11.3 Å². The van der Waals surface area contributed by atoms with Crippen molar-refractivity contribution in [1.82, 2.24) is 0 Å². The molecule has 0 bridgehead atoms. The minimum absolute atomic E-state index is 0.0369. The van der Waals surface area contributed by atoms with Gasteiger partial charge in [-0.25, -0.2) is 8.42 Å². The second kappa shape index (κ2) is 5.85. The van der Waals surface area contributed by atoms with Gasteiger partial charge >= 0.3 is 0 Å². The molecule has 0 aliphatic carbocycles. The summed E-state index contributed by atoms with van der Waals surface area (Å²) in [6.45, 7) is 1.36. The normalized spacial score (nSPS) is 13.2. The summed E-state index contributed by atoms with van der Waals surface area (Å²) in [5.74, 6) is -0.484. The first-order chi connectivity index (χ1) is 9.34. The van der Waals surface area contributed by atoms with Crippen molar-refractivity contribution in [1.29, 1.82) is 0 Å².